The van der Waals surface area contributed by atoms with E-state index in [2.05, 4.69) is 27.3 Å². The van der Waals surface area contributed by atoms with Crippen molar-refractivity contribution in [3.8, 4) is 11.8 Å². The van der Waals surface area contributed by atoms with E-state index in [9.17, 15) is 0 Å². The largest absolute Gasteiger partial charge is 0.497 e. The first-order chi connectivity index (χ1) is 9.15. The zero-order chi connectivity index (χ0) is 13.8. The molecule has 0 atom stereocenters. The second kappa shape index (κ2) is 5.77. The molecule has 0 saturated carbocycles. The van der Waals surface area contributed by atoms with Crippen LogP contribution in [0.2, 0.25) is 0 Å². The van der Waals surface area contributed by atoms with Gasteiger partial charge in [0, 0.05) is 10.5 Å². The highest BCUT2D eigenvalue weighted by molar-refractivity contribution is 9.10. The van der Waals surface area contributed by atoms with E-state index in [1.807, 2.05) is 37.3 Å². The van der Waals surface area contributed by atoms with Gasteiger partial charge in [-0.05, 0) is 46.6 Å². The molecular weight excluding hydrogens is 304 g/mol. The molecule has 0 aliphatic rings. The zero-order valence-corrected chi connectivity index (χ0v) is 12.3. The minimum Gasteiger partial charge on any atom is -0.497 e. The second-order valence-corrected chi connectivity index (χ2v) is 4.93. The SMILES string of the molecule is COc1ccc(Br)c(Nc2c(C)cccc2C#N)c1. The van der Waals surface area contributed by atoms with Crippen molar-refractivity contribution in [3.05, 3.63) is 52.0 Å². The second-order valence-electron chi connectivity index (χ2n) is 4.08. The lowest BCUT2D eigenvalue weighted by molar-refractivity contribution is 0.415. The quantitative estimate of drug-likeness (QED) is 0.913. The van der Waals surface area contributed by atoms with Gasteiger partial charge in [-0.2, -0.15) is 5.26 Å². The summed E-state index contributed by atoms with van der Waals surface area (Å²) >= 11 is 3.49. The number of rotatable bonds is 3. The Balaban J connectivity index is 2.44. The van der Waals surface area contributed by atoms with Crippen LogP contribution in [0, 0.1) is 18.3 Å². The molecule has 0 radical (unpaired) electrons. The summed E-state index contributed by atoms with van der Waals surface area (Å²) in [6, 6.07) is 13.5. The molecule has 0 heterocycles. The summed E-state index contributed by atoms with van der Waals surface area (Å²) in [5, 5.41) is 12.4. The van der Waals surface area contributed by atoms with Gasteiger partial charge in [-0.1, -0.05) is 12.1 Å². The number of hydrogen-bond donors (Lipinski definition) is 1. The average Bonchev–Trinajstić information content (AvgIpc) is 2.43. The van der Waals surface area contributed by atoms with Crippen LogP contribution in [0.25, 0.3) is 0 Å². The van der Waals surface area contributed by atoms with Gasteiger partial charge in [-0.15, -0.1) is 0 Å². The van der Waals surface area contributed by atoms with E-state index in [-0.39, 0.29) is 0 Å². The van der Waals surface area contributed by atoms with Gasteiger partial charge in [0.05, 0.1) is 24.0 Å². The van der Waals surface area contributed by atoms with Gasteiger partial charge in [0.1, 0.15) is 11.8 Å². The maximum absolute atomic E-state index is 9.16. The van der Waals surface area contributed by atoms with Gasteiger partial charge in [-0.3, -0.25) is 0 Å². The van der Waals surface area contributed by atoms with Crippen molar-refractivity contribution < 1.29 is 4.74 Å². The molecule has 1 N–H and O–H groups in total. The molecule has 0 aliphatic carbocycles. The molecule has 2 aromatic carbocycles. The number of nitrogens with zero attached hydrogens (tertiary/aromatic N) is 1. The summed E-state index contributed by atoms with van der Waals surface area (Å²) in [4.78, 5) is 0. The fraction of sp³-hybridized carbons (Fsp3) is 0.133. The Labute approximate surface area is 121 Å². The third-order valence-electron chi connectivity index (χ3n) is 2.83. The number of para-hydroxylation sites is 1. The molecule has 0 aromatic heterocycles. The number of benzene rings is 2. The van der Waals surface area contributed by atoms with Gasteiger partial charge >= 0.3 is 0 Å². The first-order valence-corrected chi connectivity index (χ1v) is 6.55. The van der Waals surface area contributed by atoms with Crippen LogP contribution in [0.15, 0.2) is 40.9 Å². The fourth-order valence-corrected chi connectivity index (χ4v) is 2.13. The van der Waals surface area contributed by atoms with Crippen LogP contribution in [-0.2, 0) is 0 Å². The van der Waals surface area contributed by atoms with Crippen LogP contribution in [0.5, 0.6) is 5.75 Å². The van der Waals surface area contributed by atoms with Crippen molar-refractivity contribution in [3.63, 3.8) is 0 Å². The van der Waals surface area contributed by atoms with Crippen molar-refractivity contribution in [1.29, 1.82) is 5.26 Å². The first kappa shape index (κ1) is 13.4. The van der Waals surface area contributed by atoms with Crippen molar-refractivity contribution >= 4 is 27.3 Å². The molecule has 0 fully saturated rings. The fourth-order valence-electron chi connectivity index (χ4n) is 1.79. The van der Waals surface area contributed by atoms with E-state index in [1.165, 1.54) is 0 Å². The van der Waals surface area contributed by atoms with Crippen LogP contribution < -0.4 is 10.1 Å². The predicted octanol–water partition coefficient (Wildman–Crippen LogP) is 4.38. The molecule has 4 heteroatoms. The van der Waals surface area contributed by atoms with Crippen molar-refractivity contribution in [2.45, 2.75) is 6.92 Å². The number of methoxy groups -OCH3 is 1. The summed E-state index contributed by atoms with van der Waals surface area (Å²) in [5.41, 5.74) is 3.33. The third-order valence-corrected chi connectivity index (χ3v) is 3.52. The van der Waals surface area contributed by atoms with E-state index in [0.29, 0.717) is 5.56 Å². The first-order valence-electron chi connectivity index (χ1n) is 5.76. The number of aryl methyl sites for hydroxylation is 1. The highest BCUT2D eigenvalue weighted by atomic mass is 79.9. The van der Waals surface area contributed by atoms with E-state index in [1.54, 1.807) is 13.2 Å². The third kappa shape index (κ3) is 2.88. The Kier molecular flexibility index (Phi) is 4.08. The lowest BCUT2D eigenvalue weighted by Gasteiger charge is -2.13. The number of nitrogens with one attached hydrogen (secondary N) is 1. The molecule has 2 aromatic rings. The lowest BCUT2D eigenvalue weighted by atomic mass is 10.1. The highest BCUT2D eigenvalue weighted by Crippen LogP contribution is 2.32. The molecule has 0 aliphatic heterocycles. The van der Waals surface area contributed by atoms with Crippen molar-refractivity contribution in [1.82, 2.24) is 0 Å². The normalized spacial score (nSPS) is 9.79. The number of anilines is 2. The number of hydrogen-bond acceptors (Lipinski definition) is 3. The number of ether oxygens (including phenoxy) is 1. The van der Waals surface area contributed by atoms with Crippen molar-refractivity contribution in [2.24, 2.45) is 0 Å². The highest BCUT2D eigenvalue weighted by Gasteiger charge is 2.08. The summed E-state index contributed by atoms with van der Waals surface area (Å²) in [6.45, 7) is 1.97. The van der Waals surface area contributed by atoms with Crippen LogP contribution in [-0.4, -0.2) is 7.11 Å². The van der Waals surface area contributed by atoms with Crippen LogP contribution >= 0.6 is 15.9 Å². The van der Waals surface area contributed by atoms with E-state index in [4.69, 9.17) is 10.00 Å². The van der Waals surface area contributed by atoms with E-state index < -0.39 is 0 Å². The molecule has 3 nitrogen and oxygen atoms in total. The summed E-state index contributed by atoms with van der Waals surface area (Å²) < 4.78 is 6.13. The van der Waals surface area contributed by atoms with E-state index >= 15 is 0 Å². The topological polar surface area (TPSA) is 45.0 Å². The van der Waals surface area contributed by atoms with E-state index in [0.717, 1.165) is 27.2 Å². The maximum Gasteiger partial charge on any atom is 0.121 e. The Morgan fingerprint density at radius 2 is 2.05 bits per heavy atom. The predicted molar refractivity (Wildman–Crippen MR) is 79.9 cm³/mol. The van der Waals surface area contributed by atoms with Gasteiger partial charge in [0.25, 0.3) is 0 Å². The number of halogens is 1. The minimum atomic E-state index is 0.620. The minimum absolute atomic E-state index is 0.620. The monoisotopic (exact) mass is 316 g/mol. The Morgan fingerprint density at radius 1 is 1.26 bits per heavy atom. The Morgan fingerprint density at radius 3 is 2.74 bits per heavy atom. The molecule has 19 heavy (non-hydrogen) atoms. The summed E-state index contributed by atoms with van der Waals surface area (Å²) in [5.74, 6) is 0.762. The molecule has 0 amide bonds. The van der Waals surface area contributed by atoms with Crippen LogP contribution in [0.3, 0.4) is 0 Å². The van der Waals surface area contributed by atoms with Crippen molar-refractivity contribution in [2.75, 3.05) is 12.4 Å². The molecule has 2 rings (SSSR count). The van der Waals surface area contributed by atoms with Crippen LogP contribution in [0.1, 0.15) is 11.1 Å². The summed E-state index contributed by atoms with van der Waals surface area (Å²) in [7, 11) is 1.63. The van der Waals surface area contributed by atoms with Gasteiger partial charge in [0.2, 0.25) is 0 Å². The molecule has 0 saturated heterocycles. The van der Waals surface area contributed by atoms with Gasteiger partial charge in [0.15, 0.2) is 0 Å². The zero-order valence-electron chi connectivity index (χ0n) is 10.7. The standard InChI is InChI=1S/C15H13BrN2O/c1-10-4-3-5-11(9-17)15(10)18-14-8-12(19-2)6-7-13(14)16/h3-8,18H,1-2H3. The van der Waals surface area contributed by atoms with Gasteiger partial charge < -0.3 is 10.1 Å². The molecule has 0 bridgehead atoms. The maximum atomic E-state index is 9.16. The number of nitriles is 1. The summed E-state index contributed by atoms with van der Waals surface area (Å²) in [6.07, 6.45) is 0. The smallest absolute Gasteiger partial charge is 0.121 e. The molecule has 0 spiro atoms. The average molecular weight is 317 g/mol. The molecule has 96 valence electrons. The van der Waals surface area contributed by atoms with Gasteiger partial charge in [-0.25, -0.2) is 0 Å². The Hall–Kier alpha value is -1.99. The lowest BCUT2D eigenvalue weighted by Crippen LogP contribution is -1.97. The molecule has 0 unspecified atom stereocenters. The van der Waals surface area contributed by atoms with Crippen LogP contribution in [0.4, 0.5) is 11.4 Å². The molecular formula is C15H13BrN2O. The Bertz CT molecular complexity index is 647.